The molecule has 302 valence electrons. The number of nitrogens with zero attached hydrogens (tertiary/aromatic N) is 2. The van der Waals surface area contributed by atoms with Crippen molar-refractivity contribution in [2.75, 3.05) is 9.80 Å². The Morgan fingerprint density at radius 1 is 0.593 bits per heavy atom. The molecule has 0 amide bonds. The molecule has 0 unspecified atom stereocenters. The lowest BCUT2D eigenvalue weighted by Crippen LogP contribution is -2.61. The average molecular weight is 779 g/mol. The first-order valence-corrected chi connectivity index (χ1v) is 21.9. The minimum absolute atomic E-state index is 0.00744. The van der Waals surface area contributed by atoms with Gasteiger partial charge in [-0.25, -0.2) is 0 Å². The Kier molecular flexibility index (Phi) is 8.55. The molecule has 3 nitrogen and oxygen atoms in total. The van der Waals surface area contributed by atoms with Gasteiger partial charge >= 0.3 is 0 Å². The van der Waals surface area contributed by atoms with Gasteiger partial charge in [-0.15, -0.1) is 0 Å². The van der Waals surface area contributed by atoms with E-state index in [1.807, 2.05) is 6.08 Å². The molecule has 0 atom stereocenters. The van der Waals surface area contributed by atoms with Crippen molar-refractivity contribution in [3.8, 4) is 0 Å². The first-order chi connectivity index (χ1) is 27.5. The molecular weight excluding hydrogens is 715 g/mol. The van der Waals surface area contributed by atoms with Gasteiger partial charge in [-0.2, -0.15) is 0 Å². The van der Waals surface area contributed by atoms with E-state index >= 15 is 0 Å². The van der Waals surface area contributed by atoms with E-state index in [-0.39, 0.29) is 33.8 Å². The maximum absolute atomic E-state index is 7.42. The number of hydrogen-bond donors (Lipinski definition) is 0. The summed E-state index contributed by atoms with van der Waals surface area (Å²) in [4.78, 5) is 4.97. The van der Waals surface area contributed by atoms with Crippen molar-refractivity contribution < 1.29 is 4.42 Å². The van der Waals surface area contributed by atoms with Gasteiger partial charge in [-0.1, -0.05) is 133 Å². The predicted octanol–water partition coefficient (Wildman–Crippen LogP) is 13.7. The number of anilines is 6. The standard InChI is InChI=1S/C55H63BN2O/c1-16-34-29-36(52(6,7)8)19-23-43(34)58-46-28-33(2)27-45-49(46)56(48-39-31-40-41(32-47(39)59-50(48)58)55(14,15)26-25-54(40,12)13)42-30-37(53(9,10)11)20-24-44(42)57(45)38-21-17-35(18-22-38)51(3,4)5/h16-24,27-32H,1,25-26H2,2-15H3. The van der Waals surface area contributed by atoms with Crippen molar-refractivity contribution in [1.29, 1.82) is 0 Å². The number of fused-ring (bicyclic) bond motifs is 7. The molecule has 0 saturated heterocycles. The molecule has 0 radical (unpaired) electrons. The van der Waals surface area contributed by atoms with E-state index in [0.29, 0.717) is 0 Å². The first-order valence-electron chi connectivity index (χ1n) is 21.9. The van der Waals surface area contributed by atoms with Crippen LogP contribution in [0.15, 0.2) is 95.9 Å². The maximum Gasteiger partial charge on any atom is 0.257 e. The maximum atomic E-state index is 7.42. The molecular formula is C55H63BN2O. The van der Waals surface area contributed by atoms with Crippen LogP contribution >= 0.6 is 0 Å². The van der Waals surface area contributed by atoms with Crippen LogP contribution in [0, 0.1) is 6.92 Å². The molecule has 0 N–H and O–H groups in total. The highest BCUT2D eigenvalue weighted by Crippen LogP contribution is 2.51. The zero-order chi connectivity index (χ0) is 42.4. The fourth-order valence-corrected chi connectivity index (χ4v) is 10.2. The second kappa shape index (κ2) is 12.8. The van der Waals surface area contributed by atoms with E-state index in [4.69, 9.17) is 4.42 Å². The third-order valence-corrected chi connectivity index (χ3v) is 14.0. The molecule has 59 heavy (non-hydrogen) atoms. The molecule has 1 aromatic heterocycles. The van der Waals surface area contributed by atoms with Gasteiger partial charge in [0.25, 0.3) is 6.71 Å². The van der Waals surface area contributed by atoms with E-state index in [0.717, 1.165) is 41.2 Å². The van der Waals surface area contributed by atoms with Gasteiger partial charge in [-0.05, 0) is 151 Å². The van der Waals surface area contributed by atoms with Crippen molar-refractivity contribution in [3.05, 3.63) is 130 Å². The molecule has 0 bridgehead atoms. The third kappa shape index (κ3) is 6.14. The Balaban J connectivity index is 1.43. The zero-order valence-electron chi connectivity index (χ0n) is 38.2. The summed E-state index contributed by atoms with van der Waals surface area (Å²) in [7, 11) is 0. The summed E-state index contributed by atoms with van der Waals surface area (Å²) < 4.78 is 7.42. The lowest BCUT2D eigenvalue weighted by atomic mass is 9.33. The van der Waals surface area contributed by atoms with Crippen molar-refractivity contribution in [3.63, 3.8) is 0 Å². The molecule has 5 aromatic carbocycles. The van der Waals surface area contributed by atoms with E-state index in [1.165, 1.54) is 72.2 Å². The highest BCUT2D eigenvalue weighted by Gasteiger charge is 2.48. The monoisotopic (exact) mass is 779 g/mol. The fourth-order valence-electron chi connectivity index (χ4n) is 10.2. The molecule has 3 aliphatic rings. The average Bonchev–Trinajstić information content (AvgIpc) is 3.53. The quantitative estimate of drug-likeness (QED) is 0.167. The number of furan rings is 1. The minimum atomic E-state index is -0.0470. The normalized spacial score (nSPS) is 16.7. The van der Waals surface area contributed by atoms with Gasteiger partial charge in [0.1, 0.15) is 5.58 Å². The number of hydrogen-bond acceptors (Lipinski definition) is 3. The summed E-state index contributed by atoms with van der Waals surface area (Å²) in [5, 5.41) is 1.22. The van der Waals surface area contributed by atoms with Crippen molar-refractivity contribution in [2.45, 2.75) is 137 Å². The van der Waals surface area contributed by atoms with E-state index < -0.39 is 0 Å². The van der Waals surface area contributed by atoms with Gasteiger partial charge in [-0.3, -0.25) is 4.90 Å². The van der Waals surface area contributed by atoms with E-state index in [9.17, 15) is 0 Å². The smallest absolute Gasteiger partial charge is 0.257 e. The Bertz CT molecular complexity index is 2700. The molecule has 0 saturated carbocycles. The van der Waals surface area contributed by atoms with Gasteiger partial charge in [0.05, 0.1) is 5.69 Å². The lowest BCUT2D eigenvalue weighted by molar-refractivity contribution is 0.332. The highest BCUT2D eigenvalue weighted by molar-refractivity contribution is 7.01. The fraction of sp³-hybridized carbons (Fsp3) is 0.382. The Hall–Kier alpha value is -4.96. The Labute approximate surface area is 354 Å². The van der Waals surface area contributed by atoms with Gasteiger partial charge < -0.3 is 9.32 Å². The van der Waals surface area contributed by atoms with Gasteiger partial charge in [0.2, 0.25) is 5.88 Å². The summed E-state index contributed by atoms with van der Waals surface area (Å²) in [5.41, 5.74) is 20.0. The molecule has 3 heterocycles. The molecule has 1 aliphatic carbocycles. The minimum Gasteiger partial charge on any atom is -0.440 e. The zero-order valence-corrected chi connectivity index (χ0v) is 38.2. The van der Waals surface area contributed by atoms with Crippen LogP contribution < -0.4 is 26.2 Å². The summed E-state index contributed by atoms with van der Waals surface area (Å²) in [6.07, 6.45) is 4.34. The van der Waals surface area contributed by atoms with Crippen molar-refractivity contribution in [2.24, 2.45) is 0 Å². The van der Waals surface area contributed by atoms with Crippen LogP contribution in [-0.4, -0.2) is 6.71 Å². The number of aryl methyl sites for hydroxylation is 1. The number of benzene rings is 5. The first kappa shape index (κ1) is 39.5. The number of rotatable bonds is 3. The van der Waals surface area contributed by atoms with E-state index in [1.54, 1.807) is 0 Å². The molecule has 6 aromatic rings. The lowest BCUT2D eigenvalue weighted by Gasteiger charge is -2.43. The second-order valence-electron chi connectivity index (χ2n) is 22.4. The van der Waals surface area contributed by atoms with E-state index in [2.05, 4.69) is 198 Å². The van der Waals surface area contributed by atoms with Gasteiger partial charge in [0, 0.05) is 33.6 Å². The van der Waals surface area contributed by atoms with Gasteiger partial charge in [0.15, 0.2) is 0 Å². The van der Waals surface area contributed by atoms with Crippen LogP contribution in [0.5, 0.6) is 0 Å². The Morgan fingerprint density at radius 3 is 1.69 bits per heavy atom. The van der Waals surface area contributed by atoms with Crippen molar-refractivity contribution >= 4 is 74.5 Å². The SMILES string of the molecule is C=Cc1cc(C(C)(C)C)ccc1N1c2cc(C)cc3c2B(c2cc(C(C)(C)C)ccc2N3c2ccc(C(C)(C)C)cc2)c2c1oc1cc3c(cc21)C(C)(C)CCC3(C)C. The summed E-state index contributed by atoms with van der Waals surface area (Å²) in [6, 6.07) is 33.2. The summed E-state index contributed by atoms with van der Waals surface area (Å²) in [5.74, 6) is 0.911. The Morgan fingerprint density at radius 2 is 1.12 bits per heavy atom. The second-order valence-corrected chi connectivity index (χ2v) is 22.4. The largest absolute Gasteiger partial charge is 0.440 e. The highest BCUT2D eigenvalue weighted by atomic mass is 16.4. The molecule has 0 fully saturated rings. The van der Waals surface area contributed by atoms with Crippen LogP contribution in [0.4, 0.5) is 34.3 Å². The topological polar surface area (TPSA) is 19.6 Å². The third-order valence-electron chi connectivity index (χ3n) is 14.0. The summed E-state index contributed by atoms with van der Waals surface area (Å²) in [6.45, 7) is 37.0. The summed E-state index contributed by atoms with van der Waals surface area (Å²) >= 11 is 0. The molecule has 4 heteroatoms. The van der Waals surface area contributed by atoms with Crippen LogP contribution in [0.25, 0.3) is 17.0 Å². The molecule has 0 spiro atoms. The molecule has 9 rings (SSSR count). The molecule has 2 aliphatic heterocycles. The van der Waals surface area contributed by atoms with Crippen LogP contribution in [0.1, 0.15) is 142 Å². The van der Waals surface area contributed by atoms with Crippen LogP contribution in [0.2, 0.25) is 0 Å². The predicted molar refractivity (Wildman–Crippen MR) is 256 cm³/mol. The van der Waals surface area contributed by atoms with Crippen LogP contribution in [0.3, 0.4) is 0 Å². The van der Waals surface area contributed by atoms with Crippen molar-refractivity contribution in [1.82, 2.24) is 0 Å². The van der Waals surface area contributed by atoms with Crippen LogP contribution in [-0.2, 0) is 27.1 Å².